The van der Waals surface area contributed by atoms with Crippen LogP contribution in [0.25, 0.3) is 0 Å². The van der Waals surface area contributed by atoms with Crippen molar-refractivity contribution in [1.29, 1.82) is 0 Å². The molecule has 3 heteroatoms. The van der Waals surface area contributed by atoms with E-state index in [0.29, 0.717) is 28.1 Å². The monoisotopic (exact) mass is 472 g/mol. The van der Waals surface area contributed by atoms with Gasteiger partial charge in [-0.3, -0.25) is 0 Å². The van der Waals surface area contributed by atoms with E-state index in [1.807, 2.05) is 7.11 Å². The number of hydrogen-bond acceptors (Lipinski definition) is 3. The minimum absolute atomic E-state index is 0.0172. The molecule has 0 unspecified atom stereocenters. The molecule has 7 aliphatic rings. The lowest BCUT2D eigenvalue weighted by atomic mass is 9.30. The highest BCUT2D eigenvalue weighted by molar-refractivity contribution is 5.21. The third-order valence-corrected chi connectivity index (χ3v) is 14.8. The van der Waals surface area contributed by atoms with Crippen LogP contribution in [0, 0.1) is 56.7 Å². The quantitative estimate of drug-likeness (QED) is 0.438. The Kier molecular flexibility index (Phi) is 5.02. The molecule has 0 aromatic heterocycles. The highest BCUT2D eigenvalue weighted by atomic mass is 16.7. The van der Waals surface area contributed by atoms with Crippen molar-refractivity contribution in [2.75, 3.05) is 7.11 Å². The molecule has 5 saturated carbocycles. The Morgan fingerprint density at radius 2 is 1.47 bits per heavy atom. The van der Waals surface area contributed by atoms with Crippen LogP contribution in [0.1, 0.15) is 113 Å². The number of aliphatic hydroxyl groups is 1. The minimum Gasteiger partial charge on any atom is -0.393 e. The maximum absolute atomic E-state index is 11.0. The summed E-state index contributed by atoms with van der Waals surface area (Å²) in [4.78, 5) is 0. The van der Waals surface area contributed by atoms with Crippen LogP contribution in [0.2, 0.25) is 0 Å². The van der Waals surface area contributed by atoms with Gasteiger partial charge >= 0.3 is 0 Å². The lowest BCUT2D eigenvalue weighted by Gasteiger charge is -2.76. The summed E-state index contributed by atoms with van der Waals surface area (Å²) < 4.78 is 12.8. The fraction of sp³-hybridized carbons (Fsp3) is 1.00. The van der Waals surface area contributed by atoms with E-state index in [0.717, 1.165) is 24.2 Å². The molecule has 1 spiro atoms. The molecule has 7 rings (SSSR count). The Labute approximate surface area is 209 Å². The van der Waals surface area contributed by atoms with Crippen molar-refractivity contribution in [1.82, 2.24) is 0 Å². The molecule has 2 saturated heterocycles. The zero-order valence-corrected chi connectivity index (χ0v) is 23.4. The molecule has 1 N–H and O–H groups in total. The maximum Gasteiger partial charge on any atom is 0.163 e. The first-order valence-corrected chi connectivity index (χ1v) is 14.7. The summed E-state index contributed by atoms with van der Waals surface area (Å²) in [6, 6.07) is 0. The highest BCUT2D eigenvalue weighted by Gasteiger charge is 2.74. The van der Waals surface area contributed by atoms with Gasteiger partial charge < -0.3 is 14.6 Å². The van der Waals surface area contributed by atoms with Crippen LogP contribution in [0.3, 0.4) is 0 Å². The maximum atomic E-state index is 11.0. The summed E-state index contributed by atoms with van der Waals surface area (Å²) in [6.45, 7) is 17.7. The number of ether oxygens (including phenoxy) is 2. The van der Waals surface area contributed by atoms with Gasteiger partial charge in [0.05, 0.1) is 11.7 Å². The smallest absolute Gasteiger partial charge is 0.163 e. The summed E-state index contributed by atoms with van der Waals surface area (Å²) in [5.74, 6) is 3.53. The lowest BCUT2D eigenvalue weighted by Crippen LogP contribution is -2.73. The van der Waals surface area contributed by atoms with Crippen molar-refractivity contribution < 1.29 is 14.6 Å². The van der Waals surface area contributed by atoms with Crippen molar-refractivity contribution in [2.45, 2.75) is 131 Å². The fourth-order valence-corrected chi connectivity index (χ4v) is 12.5. The van der Waals surface area contributed by atoms with E-state index >= 15 is 0 Å². The van der Waals surface area contributed by atoms with E-state index < -0.39 is 0 Å². The Morgan fingerprint density at radius 1 is 0.765 bits per heavy atom. The number of aliphatic hydroxyl groups excluding tert-OH is 1. The molecule has 5 aliphatic carbocycles. The number of rotatable bonds is 1. The van der Waals surface area contributed by atoms with Gasteiger partial charge in [0.25, 0.3) is 0 Å². The van der Waals surface area contributed by atoms with Crippen LogP contribution >= 0.6 is 0 Å². The molecular weight excluding hydrogens is 420 g/mol. The van der Waals surface area contributed by atoms with Crippen LogP contribution in [0.5, 0.6) is 0 Å². The molecule has 3 nitrogen and oxygen atoms in total. The van der Waals surface area contributed by atoms with Gasteiger partial charge in [0.15, 0.2) is 6.29 Å². The molecule has 0 aromatic rings. The van der Waals surface area contributed by atoms with Gasteiger partial charge in [-0.15, -0.1) is 0 Å². The molecule has 194 valence electrons. The Hall–Kier alpha value is -0.120. The highest BCUT2D eigenvalue weighted by Crippen LogP contribution is 2.78. The Bertz CT molecular complexity index is 854. The van der Waals surface area contributed by atoms with Crippen LogP contribution in [0.4, 0.5) is 0 Å². The summed E-state index contributed by atoms with van der Waals surface area (Å²) in [7, 11) is 1.89. The summed E-state index contributed by atoms with van der Waals surface area (Å²) in [5.41, 5.74) is 1.37. The standard InChI is InChI=1S/C31H52O3/c1-19-24-20-9-10-22-27(4)13-12-23(32)26(2,3)21(27)11-14-29(22,6)28(20,5)15-17-31(24)18-16-30(19,7)34-25(31)33-8/h19-25,32H,9-18H2,1-8H3/t19-,20+,21-,22+,23-,24-,25-,27+,28+,29+,30-,31+/m0/s1. The molecule has 0 aromatic carbocycles. The van der Waals surface area contributed by atoms with Crippen molar-refractivity contribution in [3.8, 4) is 0 Å². The van der Waals surface area contributed by atoms with E-state index in [2.05, 4.69) is 48.5 Å². The largest absolute Gasteiger partial charge is 0.393 e. The van der Waals surface area contributed by atoms with Gasteiger partial charge in [-0.1, -0.05) is 41.5 Å². The average molecular weight is 473 g/mol. The Balaban J connectivity index is 1.40. The summed E-state index contributed by atoms with van der Waals surface area (Å²) >= 11 is 0. The first kappa shape index (κ1) is 24.2. The predicted octanol–water partition coefficient (Wildman–Crippen LogP) is 7.21. The average Bonchev–Trinajstić information content (AvgIpc) is 2.78. The second kappa shape index (κ2) is 7.04. The predicted molar refractivity (Wildman–Crippen MR) is 136 cm³/mol. The van der Waals surface area contributed by atoms with Crippen LogP contribution in [0.15, 0.2) is 0 Å². The minimum atomic E-state index is -0.137. The molecule has 2 bridgehead atoms. The van der Waals surface area contributed by atoms with Gasteiger partial charge in [0.1, 0.15) is 0 Å². The van der Waals surface area contributed by atoms with Gasteiger partial charge in [-0.05, 0) is 122 Å². The van der Waals surface area contributed by atoms with E-state index in [-0.39, 0.29) is 28.8 Å². The van der Waals surface area contributed by atoms with Crippen LogP contribution in [-0.2, 0) is 9.47 Å². The van der Waals surface area contributed by atoms with Crippen LogP contribution in [-0.4, -0.2) is 30.2 Å². The van der Waals surface area contributed by atoms with Crippen molar-refractivity contribution >= 4 is 0 Å². The molecule has 12 atom stereocenters. The zero-order chi connectivity index (χ0) is 24.5. The zero-order valence-electron chi connectivity index (χ0n) is 23.4. The second-order valence-electron chi connectivity index (χ2n) is 15.6. The molecule has 34 heavy (non-hydrogen) atoms. The number of hydrogen-bond donors (Lipinski definition) is 1. The fourth-order valence-electron chi connectivity index (χ4n) is 12.5. The molecule has 2 heterocycles. The van der Waals surface area contributed by atoms with E-state index in [9.17, 15) is 5.11 Å². The van der Waals surface area contributed by atoms with Crippen molar-refractivity contribution in [3.63, 3.8) is 0 Å². The van der Waals surface area contributed by atoms with Gasteiger partial charge in [0, 0.05) is 12.5 Å². The number of methoxy groups -OCH3 is 1. The van der Waals surface area contributed by atoms with Crippen LogP contribution < -0.4 is 0 Å². The Morgan fingerprint density at radius 3 is 2.18 bits per heavy atom. The first-order valence-electron chi connectivity index (χ1n) is 14.7. The topological polar surface area (TPSA) is 38.7 Å². The van der Waals surface area contributed by atoms with E-state index in [1.165, 1.54) is 57.8 Å². The normalized spacial score (nSPS) is 62.2. The van der Waals surface area contributed by atoms with Crippen molar-refractivity contribution in [3.05, 3.63) is 0 Å². The third-order valence-electron chi connectivity index (χ3n) is 14.8. The summed E-state index contributed by atoms with van der Waals surface area (Å²) in [6.07, 6.45) is 12.5. The second-order valence-corrected chi connectivity index (χ2v) is 15.6. The van der Waals surface area contributed by atoms with Gasteiger partial charge in [-0.25, -0.2) is 0 Å². The number of fused-ring (bicyclic) bond motifs is 7. The molecule has 0 radical (unpaired) electrons. The van der Waals surface area contributed by atoms with E-state index in [1.54, 1.807) is 0 Å². The molecular formula is C31H52O3. The third kappa shape index (κ3) is 2.56. The van der Waals surface area contributed by atoms with Gasteiger partial charge in [0.2, 0.25) is 0 Å². The van der Waals surface area contributed by atoms with Crippen molar-refractivity contribution in [2.24, 2.45) is 56.7 Å². The van der Waals surface area contributed by atoms with E-state index in [4.69, 9.17) is 9.47 Å². The lowest BCUT2D eigenvalue weighted by molar-refractivity contribution is -0.382. The first-order chi connectivity index (χ1) is 15.8. The summed E-state index contributed by atoms with van der Waals surface area (Å²) in [5, 5.41) is 11.0. The van der Waals surface area contributed by atoms with Gasteiger partial charge in [-0.2, -0.15) is 0 Å². The molecule has 0 amide bonds. The SMILES string of the molecule is CO[C@H]1O[C@@]2(C)CC[C@@]13CC[C@]1(C)[C@H](CC[C@@H]4[C@]5(C)CC[C@H](O)C(C)(C)[C@@H]5CC[C@]41C)[C@@H]3[C@@H]2C. The molecule has 7 fully saturated rings. The molecule has 2 aliphatic heterocycles.